The van der Waals surface area contributed by atoms with Crippen LogP contribution >= 0.6 is 0 Å². The number of terminal acetylenes is 1. The summed E-state index contributed by atoms with van der Waals surface area (Å²) in [6.07, 6.45) is 0.393. The molecule has 1 aromatic carbocycles. The molecule has 0 spiro atoms. The molecule has 86 valence electrons. The normalized spacial score (nSPS) is 13.2. The molecule has 3 N–H and O–H groups in total. The fraction of sp³-hybridized carbons (Fsp3) is 0.200. The number of benzene rings is 1. The van der Waals surface area contributed by atoms with Crippen LogP contribution in [0.5, 0.6) is 0 Å². The van der Waals surface area contributed by atoms with Gasteiger partial charge in [-0.3, -0.25) is 5.84 Å². The highest BCUT2D eigenvalue weighted by atomic mass is 19.4. The van der Waals surface area contributed by atoms with E-state index in [-0.39, 0.29) is 0 Å². The zero-order valence-electron chi connectivity index (χ0n) is 7.98. The first-order valence-electron chi connectivity index (χ1n) is 4.19. The quantitative estimate of drug-likeness (QED) is 0.354. The van der Waals surface area contributed by atoms with E-state index in [4.69, 9.17) is 12.3 Å². The molecule has 0 aromatic heterocycles. The molecule has 0 aliphatic rings. The summed E-state index contributed by atoms with van der Waals surface area (Å²) in [5, 5.41) is 0. The first kappa shape index (κ1) is 12.5. The highest BCUT2D eigenvalue weighted by Gasteiger charge is 2.35. The second-order valence-electron chi connectivity index (χ2n) is 3.00. The Balaban J connectivity index is 3.35. The smallest absolute Gasteiger partial charge is 0.270 e. The van der Waals surface area contributed by atoms with Crippen LogP contribution < -0.4 is 11.3 Å². The largest absolute Gasteiger partial charge is 0.416 e. The summed E-state index contributed by atoms with van der Waals surface area (Å²) in [7, 11) is 0. The van der Waals surface area contributed by atoms with Gasteiger partial charge in [-0.2, -0.15) is 13.2 Å². The predicted octanol–water partition coefficient (Wildman–Crippen LogP) is 1.98. The molecule has 1 unspecified atom stereocenters. The number of rotatable bonds is 2. The lowest BCUT2D eigenvalue weighted by Crippen LogP contribution is -2.28. The minimum atomic E-state index is -4.60. The minimum absolute atomic E-state index is 0.405. The van der Waals surface area contributed by atoms with Crippen LogP contribution in [-0.2, 0) is 6.18 Å². The third kappa shape index (κ3) is 2.51. The molecule has 6 heteroatoms. The number of alkyl halides is 3. The summed E-state index contributed by atoms with van der Waals surface area (Å²) >= 11 is 0. The van der Waals surface area contributed by atoms with Crippen LogP contribution in [0.2, 0.25) is 0 Å². The van der Waals surface area contributed by atoms with Crippen molar-refractivity contribution >= 4 is 0 Å². The maximum absolute atomic E-state index is 12.9. The summed E-state index contributed by atoms with van der Waals surface area (Å²) in [6, 6.07) is 0.878. The SMILES string of the molecule is C#CC(NN)c1cc(F)ccc1C(F)(F)F. The van der Waals surface area contributed by atoms with E-state index in [2.05, 4.69) is 0 Å². The Morgan fingerprint density at radius 2 is 2.00 bits per heavy atom. The number of halogens is 4. The van der Waals surface area contributed by atoms with Gasteiger partial charge in [-0.1, -0.05) is 5.92 Å². The molecule has 0 amide bonds. The van der Waals surface area contributed by atoms with Crippen molar-refractivity contribution in [3.05, 3.63) is 35.1 Å². The van der Waals surface area contributed by atoms with E-state index in [0.717, 1.165) is 6.07 Å². The fourth-order valence-corrected chi connectivity index (χ4v) is 1.26. The first-order chi connectivity index (χ1) is 7.40. The van der Waals surface area contributed by atoms with Crippen molar-refractivity contribution in [3.8, 4) is 12.3 Å². The van der Waals surface area contributed by atoms with Gasteiger partial charge in [0.15, 0.2) is 0 Å². The summed E-state index contributed by atoms with van der Waals surface area (Å²) in [5.41, 5.74) is 0.595. The van der Waals surface area contributed by atoms with Crippen molar-refractivity contribution in [3.63, 3.8) is 0 Å². The second-order valence-corrected chi connectivity index (χ2v) is 3.00. The Bertz CT molecular complexity index is 420. The maximum Gasteiger partial charge on any atom is 0.416 e. The molecule has 0 saturated heterocycles. The summed E-state index contributed by atoms with van der Waals surface area (Å²) < 4.78 is 50.5. The molecule has 0 heterocycles. The van der Waals surface area contributed by atoms with Crippen LogP contribution in [0.15, 0.2) is 18.2 Å². The molecule has 0 aliphatic carbocycles. The van der Waals surface area contributed by atoms with E-state index in [1.807, 2.05) is 11.3 Å². The predicted molar refractivity (Wildman–Crippen MR) is 50.3 cm³/mol. The van der Waals surface area contributed by atoms with Gasteiger partial charge in [-0.25, -0.2) is 9.82 Å². The highest BCUT2D eigenvalue weighted by molar-refractivity contribution is 5.36. The van der Waals surface area contributed by atoms with E-state index in [0.29, 0.717) is 12.1 Å². The molecular formula is C10H8F4N2. The average molecular weight is 232 g/mol. The van der Waals surface area contributed by atoms with Crippen molar-refractivity contribution in [1.29, 1.82) is 0 Å². The second kappa shape index (κ2) is 4.51. The van der Waals surface area contributed by atoms with Gasteiger partial charge in [0.1, 0.15) is 11.9 Å². The van der Waals surface area contributed by atoms with Gasteiger partial charge in [0.2, 0.25) is 0 Å². The van der Waals surface area contributed by atoms with Crippen molar-refractivity contribution in [2.75, 3.05) is 0 Å². The van der Waals surface area contributed by atoms with Gasteiger partial charge in [-0.05, 0) is 23.8 Å². The Morgan fingerprint density at radius 3 is 2.44 bits per heavy atom. The van der Waals surface area contributed by atoms with Crippen molar-refractivity contribution < 1.29 is 17.6 Å². The van der Waals surface area contributed by atoms with Gasteiger partial charge < -0.3 is 0 Å². The van der Waals surface area contributed by atoms with Crippen LogP contribution in [0.3, 0.4) is 0 Å². The molecule has 0 aliphatic heterocycles. The van der Waals surface area contributed by atoms with E-state index in [1.165, 1.54) is 0 Å². The third-order valence-electron chi connectivity index (χ3n) is 1.96. The zero-order valence-corrected chi connectivity index (χ0v) is 7.98. The number of nitrogens with one attached hydrogen (secondary N) is 1. The molecule has 2 nitrogen and oxygen atoms in total. The lowest BCUT2D eigenvalue weighted by Gasteiger charge is -2.16. The minimum Gasteiger partial charge on any atom is -0.270 e. The molecule has 16 heavy (non-hydrogen) atoms. The van der Waals surface area contributed by atoms with Crippen LogP contribution in [0.4, 0.5) is 17.6 Å². The molecule has 1 rings (SSSR count). The monoisotopic (exact) mass is 232 g/mol. The number of hydrogen-bond donors (Lipinski definition) is 2. The van der Waals surface area contributed by atoms with Crippen molar-refractivity contribution in [2.24, 2.45) is 5.84 Å². The summed E-state index contributed by atoms with van der Waals surface area (Å²) in [6.45, 7) is 0. The Labute approximate surface area is 89.4 Å². The van der Waals surface area contributed by atoms with Gasteiger partial charge >= 0.3 is 6.18 Å². The van der Waals surface area contributed by atoms with Gasteiger partial charge in [0.25, 0.3) is 0 Å². The Hall–Kier alpha value is -1.58. The van der Waals surface area contributed by atoms with Gasteiger partial charge in [-0.15, -0.1) is 6.42 Å². The topological polar surface area (TPSA) is 38.0 Å². The van der Waals surface area contributed by atoms with E-state index < -0.39 is 29.2 Å². The third-order valence-corrected chi connectivity index (χ3v) is 1.96. The average Bonchev–Trinajstić information content (AvgIpc) is 2.17. The fourth-order valence-electron chi connectivity index (χ4n) is 1.26. The lowest BCUT2D eigenvalue weighted by atomic mass is 10.0. The van der Waals surface area contributed by atoms with Crippen molar-refractivity contribution in [1.82, 2.24) is 5.43 Å². The Kier molecular flexibility index (Phi) is 3.52. The molecule has 0 fully saturated rings. The van der Waals surface area contributed by atoms with Gasteiger partial charge in [0.05, 0.1) is 5.56 Å². The van der Waals surface area contributed by atoms with Crippen LogP contribution in [-0.4, -0.2) is 0 Å². The highest BCUT2D eigenvalue weighted by Crippen LogP contribution is 2.34. The van der Waals surface area contributed by atoms with Crippen molar-refractivity contribution in [2.45, 2.75) is 12.2 Å². The zero-order chi connectivity index (χ0) is 12.3. The molecule has 0 bridgehead atoms. The number of hydrogen-bond acceptors (Lipinski definition) is 2. The van der Waals surface area contributed by atoms with Crippen LogP contribution in [0, 0.1) is 18.2 Å². The van der Waals surface area contributed by atoms with Crippen LogP contribution in [0.1, 0.15) is 17.2 Å². The molecule has 0 saturated carbocycles. The Morgan fingerprint density at radius 1 is 1.38 bits per heavy atom. The van der Waals surface area contributed by atoms with E-state index in [9.17, 15) is 17.6 Å². The maximum atomic E-state index is 12.9. The molecule has 0 radical (unpaired) electrons. The van der Waals surface area contributed by atoms with Crippen LogP contribution in [0.25, 0.3) is 0 Å². The van der Waals surface area contributed by atoms with E-state index in [1.54, 1.807) is 0 Å². The van der Waals surface area contributed by atoms with Gasteiger partial charge in [0, 0.05) is 0 Å². The summed E-state index contributed by atoms with van der Waals surface area (Å²) in [4.78, 5) is 0. The lowest BCUT2D eigenvalue weighted by molar-refractivity contribution is -0.138. The summed E-state index contributed by atoms with van der Waals surface area (Å²) in [5.74, 6) is 6.19. The number of nitrogens with two attached hydrogens (primary N) is 1. The molecule has 1 aromatic rings. The molecule has 1 atom stereocenters. The standard InChI is InChI=1S/C10H8F4N2/c1-2-9(16-15)7-5-6(11)3-4-8(7)10(12,13)14/h1,3-5,9,16H,15H2. The first-order valence-corrected chi connectivity index (χ1v) is 4.19. The van der Waals surface area contributed by atoms with E-state index >= 15 is 0 Å². The molecular weight excluding hydrogens is 224 g/mol. The number of hydrazine groups is 1.